The summed E-state index contributed by atoms with van der Waals surface area (Å²) in [6.45, 7) is 7.69. The van der Waals surface area contributed by atoms with Crippen molar-refractivity contribution in [3.8, 4) is 0 Å². The molecule has 0 unspecified atom stereocenters. The first-order valence-corrected chi connectivity index (χ1v) is 10.5. The van der Waals surface area contributed by atoms with Gasteiger partial charge in [-0.25, -0.2) is 0 Å². The number of hydrogen-bond acceptors (Lipinski definition) is 3. The molecule has 0 bridgehead atoms. The fourth-order valence-electron chi connectivity index (χ4n) is 3.70. The number of benzene rings is 2. The number of halogens is 1. The molecule has 3 rings (SSSR count). The molecule has 0 aromatic heterocycles. The van der Waals surface area contributed by atoms with Crippen LogP contribution in [0.4, 0.5) is 5.69 Å². The van der Waals surface area contributed by atoms with Crippen molar-refractivity contribution in [1.29, 1.82) is 0 Å². The summed E-state index contributed by atoms with van der Waals surface area (Å²) in [5, 5.41) is 0.626. The van der Waals surface area contributed by atoms with Gasteiger partial charge in [-0.15, -0.1) is 0 Å². The summed E-state index contributed by atoms with van der Waals surface area (Å²) >= 11 is 6.17. The SMILES string of the molecule is CCN(C(=O)CN1CCN(C(=O)Cc2ccccc2Cl)CC1)c1ccccc1C. The second-order valence-corrected chi connectivity index (χ2v) is 7.76. The lowest BCUT2D eigenvalue weighted by Crippen LogP contribution is -2.52. The van der Waals surface area contributed by atoms with Crippen LogP contribution in [0, 0.1) is 6.92 Å². The van der Waals surface area contributed by atoms with Gasteiger partial charge in [0.25, 0.3) is 0 Å². The Hall–Kier alpha value is -2.37. The maximum atomic E-state index is 12.9. The molecule has 2 amide bonds. The number of rotatable bonds is 6. The van der Waals surface area contributed by atoms with Gasteiger partial charge < -0.3 is 9.80 Å². The Kier molecular flexibility index (Phi) is 7.29. The van der Waals surface area contributed by atoms with Crippen LogP contribution in [-0.4, -0.2) is 60.9 Å². The number of hydrogen-bond donors (Lipinski definition) is 0. The molecule has 1 heterocycles. The van der Waals surface area contributed by atoms with E-state index in [9.17, 15) is 9.59 Å². The number of aryl methyl sites for hydroxylation is 1. The third-order valence-electron chi connectivity index (χ3n) is 5.41. The van der Waals surface area contributed by atoms with E-state index in [0.717, 1.165) is 16.8 Å². The van der Waals surface area contributed by atoms with E-state index in [0.29, 0.717) is 50.7 Å². The number of amides is 2. The molecule has 2 aromatic carbocycles. The third-order valence-corrected chi connectivity index (χ3v) is 5.78. The van der Waals surface area contributed by atoms with Crippen LogP contribution in [0.25, 0.3) is 0 Å². The van der Waals surface area contributed by atoms with Crippen molar-refractivity contribution in [3.05, 3.63) is 64.7 Å². The van der Waals surface area contributed by atoms with Crippen LogP contribution in [0.15, 0.2) is 48.5 Å². The van der Waals surface area contributed by atoms with E-state index >= 15 is 0 Å². The van der Waals surface area contributed by atoms with Gasteiger partial charge in [0.05, 0.1) is 13.0 Å². The third kappa shape index (κ3) is 5.37. The van der Waals surface area contributed by atoms with E-state index in [1.165, 1.54) is 0 Å². The zero-order valence-corrected chi connectivity index (χ0v) is 17.9. The lowest BCUT2D eigenvalue weighted by molar-refractivity contribution is -0.132. The average molecular weight is 414 g/mol. The second kappa shape index (κ2) is 9.90. The molecule has 0 atom stereocenters. The van der Waals surface area contributed by atoms with E-state index in [4.69, 9.17) is 11.6 Å². The highest BCUT2D eigenvalue weighted by atomic mass is 35.5. The topological polar surface area (TPSA) is 43.9 Å². The number of piperazine rings is 1. The van der Waals surface area contributed by atoms with Crippen molar-refractivity contribution < 1.29 is 9.59 Å². The van der Waals surface area contributed by atoms with Crippen molar-refractivity contribution in [2.45, 2.75) is 20.3 Å². The first-order valence-electron chi connectivity index (χ1n) is 10.1. The molecular weight excluding hydrogens is 386 g/mol. The molecule has 29 heavy (non-hydrogen) atoms. The summed E-state index contributed by atoms with van der Waals surface area (Å²) in [4.78, 5) is 31.3. The fourth-order valence-corrected chi connectivity index (χ4v) is 3.90. The Morgan fingerprint density at radius 1 is 1.00 bits per heavy atom. The van der Waals surface area contributed by atoms with Crippen LogP contribution in [0.3, 0.4) is 0 Å². The van der Waals surface area contributed by atoms with E-state index in [1.807, 2.05) is 72.2 Å². The Balaban J connectivity index is 1.52. The minimum atomic E-state index is 0.0826. The Labute approximate surface area is 177 Å². The maximum Gasteiger partial charge on any atom is 0.241 e. The minimum absolute atomic E-state index is 0.0826. The highest BCUT2D eigenvalue weighted by Gasteiger charge is 2.25. The van der Waals surface area contributed by atoms with Crippen molar-refractivity contribution in [3.63, 3.8) is 0 Å². The summed E-state index contributed by atoms with van der Waals surface area (Å²) in [6, 6.07) is 15.4. The molecular formula is C23H28ClN3O2. The number of anilines is 1. The molecule has 1 fully saturated rings. The summed E-state index contributed by atoms with van der Waals surface area (Å²) in [5.74, 6) is 0.178. The Morgan fingerprint density at radius 3 is 2.31 bits per heavy atom. The molecule has 154 valence electrons. The largest absolute Gasteiger partial charge is 0.340 e. The van der Waals surface area contributed by atoms with Crippen LogP contribution in [0.5, 0.6) is 0 Å². The van der Waals surface area contributed by atoms with Gasteiger partial charge in [-0.05, 0) is 37.1 Å². The number of para-hydroxylation sites is 1. The molecule has 2 aromatic rings. The van der Waals surface area contributed by atoms with E-state index in [1.54, 1.807) is 0 Å². The quantitative estimate of drug-likeness (QED) is 0.729. The van der Waals surface area contributed by atoms with Gasteiger partial charge in [-0.3, -0.25) is 14.5 Å². The minimum Gasteiger partial charge on any atom is -0.340 e. The smallest absolute Gasteiger partial charge is 0.241 e. The average Bonchev–Trinajstić information content (AvgIpc) is 2.72. The fraction of sp³-hybridized carbons (Fsp3) is 0.391. The monoisotopic (exact) mass is 413 g/mol. The van der Waals surface area contributed by atoms with Crippen molar-refractivity contribution in [1.82, 2.24) is 9.80 Å². The molecule has 0 radical (unpaired) electrons. The van der Waals surface area contributed by atoms with Gasteiger partial charge in [0, 0.05) is 43.4 Å². The molecule has 1 saturated heterocycles. The molecule has 1 aliphatic rings. The van der Waals surface area contributed by atoms with Gasteiger partial charge in [0.1, 0.15) is 0 Å². The lowest BCUT2D eigenvalue weighted by atomic mass is 10.1. The summed E-state index contributed by atoms with van der Waals surface area (Å²) in [5.41, 5.74) is 2.92. The van der Waals surface area contributed by atoms with Crippen LogP contribution < -0.4 is 4.90 Å². The number of likely N-dealkylation sites (N-methyl/N-ethyl adjacent to an activating group) is 1. The second-order valence-electron chi connectivity index (χ2n) is 7.35. The maximum absolute atomic E-state index is 12.9. The Morgan fingerprint density at radius 2 is 1.66 bits per heavy atom. The molecule has 0 spiro atoms. The predicted molar refractivity (Wildman–Crippen MR) is 117 cm³/mol. The Bertz CT molecular complexity index is 863. The predicted octanol–water partition coefficient (Wildman–Crippen LogP) is 3.39. The van der Waals surface area contributed by atoms with Crippen LogP contribution in [0.2, 0.25) is 5.02 Å². The summed E-state index contributed by atoms with van der Waals surface area (Å²) < 4.78 is 0. The zero-order chi connectivity index (χ0) is 20.8. The molecule has 0 saturated carbocycles. The first kappa shape index (κ1) is 21.3. The normalized spacial score (nSPS) is 14.7. The van der Waals surface area contributed by atoms with Crippen LogP contribution in [0.1, 0.15) is 18.1 Å². The van der Waals surface area contributed by atoms with Gasteiger partial charge in [0.2, 0.25) is 11.8 Å². The van der Waals surface area contributed by atoms with Crippen molar-refractivity contribution in [2.75, 3.05) is 44.2 Å². The number of nitrogens with zero attached hydrogens (tertiary/aromatic N) is 3. The number of carbonyl (C=O) groups is 2. The zero-order valence-electron chi connectivity index (χ0n) is 17.1. The van der Waals surface area contributed by atoms with Gasteiger partial charge in [0.15, 0.2) is 0 Å². The lowest BCUT2D eigenvalue weighted by Gasteiger charge is -2.35. The van der Waals surface area contributed by atoms with Crippen molar-refractivity contribution in [2.24, 2.45) is 0 Å². The highest BCUT2D eigenvalue weighted by Crippen LogP contribution is 2.20. The molecule has 1 aliphatic heterocycles. The van der Waals surface area contributed by atoms with Gasteiger partial charge in [-0.2, -0.15) is 0 Å². The standard InChI is InChI=1S/C23H28ClN3O2/c1-3-27(21-11-7-4-8-18(21)2)23(29)17-25-12-14-26(15-13-25)22(28)16-19-9-5-6-10-20(19)24/h4-11H,3,12-17H2,1-2H3. The molecule has 0 N–H and O–H groups in total. The highest BCUT2D eigenvalue weighted by molar-refractivity contribution is 6.31. The van der Waals surface area contributed by atoms with E-state index < -0.39 is 0 Å². The first-order chi connectivity index (χ1) is 14.0. The molecule has 0 aliphatic carbocycles. The van der Waals surface area contributed by atoms with Gasteiger partial charge in [-0.1, -0.05) is 48.0 Å². The van der Waals surface area contributed by atoms with Crippen LogP contribution >= 0.6 is 11.6 Å². The number of carbonyl (C=O) groups excluding carboxylic acids is 2. The summed E-state index contributed by atoms with van der Waals surface area (Å²) in [7, 11) is 0. The van der Waals surface area contributed by atoms with Crippen LogP contribution in [-0.2, 0) is 16.0 Å². The molecule has 6 heteroatoms. The molecule has 5 nitrogen and oxygen atoms in total. The van der Waals surface area contributed by atoms with E-state index in [-0.39, 0.29) is 11.8 Å². The van der Waals surface area contributed by atoms with Gasteiger partial charge >= 0.3 is 0 Å². The van der Waals surface area contributed by atoms with Crippen molar-refractivity contribution >= 4 is 29.1 Å². The summed E-state index contributed by atoms with van der Waals surface area (Å²) in [6.07, 6.45) is 0.315. The van der Waals surface area contributed by atoms with E-state index in [2.05, 4.69) is 4.90 Å².